The number of carbonyl (C=O) groups is 1. The number of nitriles is 1. The van der Waals surface area contributed by atoms with Crippen LogP contribution in [-0.2, 0) is 17.9 Å². The fourth-order valence-corrected chi connectivity index (χ4v) is 4.47. The Hall–Kier alpha value is -3.43. The molecule has 0 N–H and O–H groups in total. The first-order chi connectivity index (χ1) is 16.1. The minimum Gasteiger partial charge on any atom is -0.329 e. The van der Waals surface area contributed by atoms with Gasteiger partial charge in [0.1, 0.15) is 0 Å². The van der Waals surface area contributed by atoms with Crippen LogP contribution in [0, 0.1) is 18.3 Å². The van der Waals surface area contributed by atoms with Crippen LogP contribution in [0.5, 0.6) is 0 Å². The van der Waals surface area contributed by atoms with E-state index in [0.717, 1.165) is 36.2 Å². The second-order valence-electron chi connectivity index (χ2n) is 8.87. The molecule has 1 atom stereocenters. The Morgan fingerprint density at radius 1 is 1.15 bits per heavy atom. The maximum atomic E-state index is 13.1. The molecule has 0 spiro atoms. The maximum absolute atomic E-state index is 13.1. The Labute approximate surface area is 196 Å². The van der Waals surface area contributed by atoms with Gasteiger partial charge in [0.15, 0.2) is 0 Å². The van der Waals surface area contributed by atoms with E-state index in [1.165, 1.54) is 5.56 Å². The van der Waals surface area contributed by atoms with Gasteiger partial charge in [-0.1, -0.05) is 44.0 Å². The molecule has 1 aromatic heterocycles. The number of amides is 1. The summed E-state index contributed by atoms with van der Waals surface area (Å²) in [6, 6.07) is 18.3. The summed E-state index contributed by atoms with van der Waals surface area (Å²) in [7, 11) is 0. The molecule has 3 aromatic rings. The van der Waals surface area contributed by atoms with E-state index >= 15 is 0 Å². The molecule has 0 saturated carbocycles. The van der Waals surface area contributed by atoms with Crippen LogP contribution in [0.1, 0.15) is 48.6 Å². The average molecular weight is 442 g/mol. The fourth-order valence-electron chi connectivity index (χ4n) is 4.47. The van der Waals surface area contributed by atoms with Crippen molar-refractivity contribution in [1.29, 1.82) is 5.26 Å². The minimum atomic E-state index is 0.145. The largest absolute Gasteiger partial charge is 0.329 e. The zero-order valence-electron chi connectivity index (χ0n) is 19.4. The van der Waals surface area contributed by atoms with Crippen molar-refractivity contribution in [2.75, 3.05) is 18.0 Å². The maximum Gasteiger partial charge on any atom is 0.241 e. The third-order valence-electron chi connectivity index (χ3n) is 6.35. The fraction of sp³-hybridized carbons (Fsp3) is 0.370. The lowest BCUT2D eigenvalue weighted by atomic mass is 10.0. The third kappa shape index (κ3) is 5.50. The highest BCUT2D eigenvalue weighted by Crippen LogP contribution is 2.25. The van der Waals surface area contributed by atoms with E-state index in [1.807, 2.05) is 53.8 Å². The summed E-state index contributed by atoms with van der Waals surface area (Å²) in [5, 5.41) is 9.02. The van der Waals surface area contributed by atoms with Crippen molar-refractivity contribution in [3.63, 3.8) is 0 Å². The van der Waals surface area contributed by atoms with Crippen molar-refractivity contribution in [1.82, 2.24) is 14.5 Å². The van der Waals surface area contributed by atoms with E-state index in [-0.39, 0.29) is 5.91 Å². The second kappa shape index (κ2) is 10.5. The van der Waals surface area contributed by atoms with Crippen LogP contribution in [0.15, 0.2) is 61.1 Å². The van der Waals surface area contributed by atoms with Gasteiger partial charge in [0.25, 0.3) is 0 Å². The highest BCUT2D eigenvalue weighted by Gasteiger charge is 2.33. The normalized spacial score (nSPS) is 16.7. The van der Waals surface area contributed by atoms with Crippen LogP contribution < -0.4 is 4.90 Å². The molecule has 1 amide bonds. The van der Waals surface area contributed by atoms with Crippen molar-refractivity contribution < 1.29 is 4.79 Å². The molecule has 0 bridgehead atoms. The van der Waals surface area contributed by atoms with Gasteiger partial charge in [-0.25, -0.2) is 4.98 Å². The van der Waals surface area contributed by atoms with E-state index in [1.54, 1.807) is 0 Å². The molecule has 1 aliphatic rings. The van der Waals surface area contributed by atoms with E-state index in [9.17, 15) is 4.79 Å². The minimum absolute atomic E-state index is 0.145. The Bertz CT molecular complexity index is 1130. The van der Waals surface area contributed by atoms with Crippen LogP contribution in [0.3, 0.4) is 0 Å². The molecule has 1 unspecified atom stereocenters. The number of nitrogens with zero attached hydrogens (tertiary/aromatic N) is 5. The van der Waals surface area contributed by atoms with Gasteiger partial charge in [0.2, 0.25) is 5.91 Å². The zero-order chi connectivity index (χ0) is 23.2. The van der Waals surface area contributed by atoms with Crippen molar-refractivity contribution in [3.05, 3.63) is 83.4 Å². The Balaban J connectivity index is 1.50. The number of imidazole rings is 1. The smallest absolute Gasteiger partial charge is 0.241 e. The highest BCUT2D eigenvalue weighted by atomic mass is 16.2. The number of rotatable bonds is 8. The standard InChI is InChI=1S/C27H31N5O/c1-3-4-7-25-18-32(24-8-5-6-21(2)13-24)27(33)19-30(25)17-26-15-29-20-31(26)16-23-11-9-22(14-28)10-12-23/h5-6,8-13,15,20,25H,3-4,7,16-19H2,1-2H3. The molecule has 0 radical (unpaired) electrons. The lowest BCUT2D eigenvalue weighted by Crippen LogP contribution is -2.56. The second-order valence-corrected chi connectivity index (χ2v) is 8.87. The van der Waals surface area contributed by atoms with Gasteiger partial charge < -0.3 is 9.47 Å². The quantitative estimate of drug-likeness (QED) is 0.516. The number of hydrogen-bond acceptors (Lipinski definition) is 4. The predicted molar refractivity (Wildman–Crippen MR) is 130 cm³/mol. The van der Waals surface area contributed by atoms with Crippen LogP contribution >= 0.6 is 0 Å². The van der Waals surface area contributed by atoms with Gasteiger partial charge in [-0.3, -0.25) is 9.69 Å². The number of carbonyl (C=O) groups excluding carboxylic acids is 1. The summed E-state index contributed by atoms with van der Waals surface area (Å²) in [5.74, 6) is 0.145. The Morgan fingerprint density at radius 3 is 2.70 bits per heavy atom. The predicted octanol–water partition coefficient (Wildman–Crippen LogP) is 4.52. The van der Waals surface area contributed by atoms with Crippen LogP contribution in [0.4, 0.5) is 5.69 Å². The first kappa shape index (κ1) is 22.8. The Kier molecular flexibility index (Phi) is 7.21. The van der Waals surface area contributed by atoms with E-state index in [2.05, 4.69) is 46.5 Å². The molecular formula is C27H31N5O. The molecule has 2 aromatic carbocycles. The van der Waals surface area contributed by atoms with E-state index in [4.69, 9.17) is 5.26 Å². The van der Waals surface area contributed by atoms with Crippen LogP contribution in [-0.4, -0.2) is 39.5 Å². The topological polar surface area (TPSA) is 65.2 Å². The summed E-state index contributed by atoms with van der Waals surface area (Å²) in [6.07, 6.45) is 7.09. The molecule has 6 nitrogen and oxygen atoms in total. The zero-order valence-corrected chi connectivity index (χ0v) is 19.4. The first-order valence-corrected chi connectivity index (χ1v) is 11.7. The van der Waals surface area contributed by atoms with Crippen molar-refractivity contribution >= 4 is 11.6 Å². The molecule has 4 rings (SSSR count). The van der Waals surface area contributed by atoms with Crippen LogP contribution in [0.2, 0.25) is 0 Å². The van der Waals surface area contributed by atoms with Crippen molar-refractivity contribution in [3.8, 4) is 6.07 Å². The number of hydrogen-bond donors (Lipinski definition) is 0. The van der Waals surface area contributed by atoms with Gasteiger partial charge >= 0.3 is 0 Å². The summed E-state index contributed by atoms with van der Waals surface area (Å²) in [6.45, 7) is 6.78. The van der Waals surface area contributed by atoms with Gasteiger partial charge in [0.05, 0.1) is 30.2 Å². The van der Waals surface area contributed by atoms with Crippen molar-refractivity contribution in [2.45, 2.75) is 52.2 Å². The molecule has 6 heteroatoms. The molecule has 1 aliphatic heterocycles. The third-order valence-corrected chi connectivity index (χ3v) is 6.35. The molecule has 0 aliphatic carbocycles. The number of anilines is 1. The van der Waals surface area contributed by atoms with E-state index < -0.39 is 0 Å². The number of aromatic nitrogens is 2. The number of benzene rings is 2. The van der Waals surface area contributed by atoms with Crippen molar-refractivity contribution in [2.24, 2.45) is 0 Å². The lowest BCUT2D eigenvalue weighted by Gasteiger charge is -2.41. The molecule has 170 valence electrons. The summed E-state index contributed by atoms with van der Waals surface area (Å²) >= 11 is 0. The van der Waals surface area contributed by atoms with Gasteiger partial charge in [-0.2, -0.15) is 5.26 Å². The first-order valence-electron chi connectivity index (χ1n) is 11.7. The van der Waals surface area contributed by atoms with Crippen LogP contribution in [0.25, 0.3) is 0 Å². The number of aryl methyl sites for hydroxylation is 1. The molecular weight excluding hydrogens is 410 g/mol. The summed E-state index contributed by atoms with van der Waals surface area (Å²) in [5.41, 5.74) is 5.04. The van der Waals surface area contributed by atoms with Gasteiger partial charge in [-0.15, -0.1) is 0 Å². The Morgan fingerprint density at radius 2 is 1.97 bits per heavy atom. The summed E-state index contributed by atoms with van der Waals surface area (Å²) in [4.78, 5) is 21.8. The number of piperazine rings is 1. The molecule has 1 saturated heterocycles. The SMILES string of the molecule is CCCCC1CN(c2cccc(C)c2)C(=O)CN1Cc1cncn1Cc1ccc(C#N)cc1. The lowest BCUT2D eigenvalue weighted by molar-refractivity contribution is -0.122. The molecule has 2 heterocycles. The number of unbranched alkanes of at least 4 members (excludes halogenated alkanes) is 1. The van der Waals surface area contributed by atoms with E-state index in [0.29, 0.717) is 37.8 Å². The highest BCUT2D eigenvalue weighted by molar-refractivity contribution is 5.95. The van der Waals surface area contributed by atoms with Gasteiger partial charge in [-0.05, 0) is 48.7 Å². The molecule has 33 heavy (non-hydrogen) atoms. The monoisotopic (exact) mass is 441 g/mol. The van der Waals surface area contributed by atoms with Gasteiger partial charge in [0, 0.05) is 37.6 Å². The summed E-state index contributed by atoms with van der Waals surface area (Å²) < 4.78 is 2.13. The average Bonchev–Trinajstić information content (AvgIpc) is 3.25. The molecule has 1 fully saturated rings.